The van der Waals surface area contributed by atoms with Gasteiger partial charge in [0.2, 0.25) is 11.7 Å². The number of rotatable bonds is 6. The number of hydrogen-bond acceptors (Lipinski definition) is 10. The molecule has 2 amide bonds. The fourth-order valence-corrected chi connectivity index (χ4v) is 5.88. The molecule has 1 aromatic rings. The molecule has 1 aromatic carbocycles. The number of carbonyl (C=O) groups excluding carboxylic acids is 4. The molecule has 8 N–H and O–H groups in total. The van der Waals surface area contributed by atoms with Crippen LogP contribution in [0.1, 0.15) is 22.3 Å². The van der Waals surface area contributed by atoms with Gasteiger partial charge < -0.3 is 36.8 Å². The number of Topliss-reactive ketones (excluding diaryl/α,β-unsaturated/α-hetero) is 2. The van der Waals surface area contributed by atoms with E-state index < -0.39 is 112 Å². The van der Waals surface area contributed by atoms with E-state index in [2.05, 4.69) is 0 Å². The topological polar surface area (TPSA) is 203 Å². The lowest BCUT2D eigenvalue weighted by atomic mass is 9.58. The van der Waals surface area contributed by atoms with Crippen molar-refractivity contribution in [3.05, 3.63) is 45.7 Å². The molecule has 3 aliphatic carbocycles. The lowest BCUT2D eigenvalue weighted by Crippen LogP contribution is -2.63. The third kappa shape index (κ3) is 4.81. The molecule has 4 rings (SSSR count). The SMILES string of the molecule is CN(C)[C@@H]1C(O)=C(C(N)=O)C(=O)[C@@]2(O)C(O)=C3C(=O)c4c(O)c(NC(=O)CNCC(F)(F)F)cc(F)c4C[C@H]3C[C@@H]12. The molecular weight excluding hydrogens is 560 g/mol. The number of halogens is 4. The number of anilines is 1. The number of likely N-dealkylation sites (N-methyl/N-ethyl adjacent to an activating group) is 1. The highest BCUT2D eigenvalue weighted by Gasteiger charge is 2.63. The van der Waals surface area contributed by atoms with Crippen molar-refractivity contribution in [1.82, 2.24) is 10.2 Å². The van der Waals surface area contributed by atoms with E-state index in [0.717, 1.165) is 0 Å². The number of amides is 2. The summed E-state index contributed by atoms with van der Waals surface area (Å²) >= 11 is 0. The van der Waals surface area contributed by atoms with Crippen molar-refractivity contribution >= 4 is 29.1 Å². The molecule has 41 heavy (non-hydrogen) atoms. The molecule has 0 heterocycles. The Morgan fingerprint density at radius 3 is 2.39 bits per heavy atom. The van der Waals surface area contributed by atoms with Crippen LogP contribution in [0.5, 0.6) is 5.75 Å². The molecule has 0 unspecified atom stereocenters. The number of carbonyl (C=O) groups is 4. The van der Waals surface area contributed by atoms with Gasteiger partial charge >= 0.3 is 6.18 Å². The van der Waals surface area contributed by atoms with Crippen molar-refractivity contribution < 1.29 is 57.2 Å². The van der Waals surface area contributed by atoms with Crippen molar-refractivity contribution in [2.75, 3.05) is 32.5 Å². The van der Waals surface area contributed by atoms with Crippen LogP contribution in [0.15, 0.2) is 28.7 Å². The molecular formula is C25H26F4N4O8. The van der Waals surface area contributed by atoms with Crippen molar-refractivity contribution in [1.29, 1.82) is 0 Å². The third-order valence-electron chi connectivity index (χ3n) is 7.55. The van der Waals surface area contributed by atoms with Gasteiger partial charge in [-0.1, -0.05) is 0 Å². The van der Waals surface area contributed by atoms with Crippen LogP contribution < -0.4 is 16.4 Å². The van der Waals surface area contributed by atoms with E-state index in [4.69, 9.17) is 5.73 Å². The first-order valence-electron chi connectivity index (χ1n) is 12.2. The van der Waals surface area contributed by atoms with Gasteiger partial charge in [-0.05, 0) is 32.9 Å². The molecule has 3 aliphatic rings. The Kier molecular flexibility index (Phi) is 7.39. The Balaban J connectivity index is 1.77. The number of nitrogens with zero attached hydrogens (tertiary/aromatic N) is 1. The van der Waals surface area contributed by atoms with E-state index in [1.165, 1.54) is 19.0 Å². The number of allylic oxidation sites excluding steroid dienone is 1. The minimum atomic E-state index is -4.61. The van der Waals surface area contributed by atoms with E-state index in [0.29, 0.717) is 6.07 Å². The zero-order valence-corrected chi connectivity index (χ0v) is 21.6. The van der Waals surface area contributed by atoms with Crippen LogP contribution in [0, 0.1) is 17.7 Å². The van der Waals surface area contributed by atoms with E-state index in [1.54, 1.807) is 0 Å². The standard InChI is InChI=1S/C25H26F4N4O8/c1-33(2)17-10-4-8-3-9-11(26)5-12(32-13(34)6-31-7-24(27,28)29)18(35)15(9)19(36)14(8)21(38)25(10,41)22(39)16(20(17)37)23(30)40/h5,8,10,17,31,35,37-38,41H,3-4,6-7H2,1-2H3,(H2,30,40)(H,32,34)/t8-,10-,17-,25-/m0/s1. The lowest BCUT2D eigenvalue weighted by molar-refractivity contribution is -0.148. The summed E-state index contributed by atoms with van der Waals surface area (Å²) in [5.41, 5.74) is -0.831. The third-order valence-corrected chi connectivity index (χ3v) is 7.55. The molecule has 0 radical (unpaired) electrons. The predicted octanol–water partition coefficient (Wildman–Crippen LogP) is 0.350. The molecule has 0 saturated heterocycles. The van der Waals surface area contributed by atoms with Gasteiger partial charge in [0.1, 0.15) is 22.9 Å². The number of nitrogens with one attached hydrogen (secondary N) is 2. The van der Waals surface area contributed by atoms with Crippen LogP contribution in [-0.2, 0) is 20.8 Å². The van der Waals surface area contributed by atoms with Gasteiger partial charge in [-0.3, -0.25) is 24.1 Å². The number of benzene rings is 1. The minimum absolute atomic E-state index is 0.255. The number of aliphatic hydroxyl groups excluding tert-OH is 2. The Hall–Kier alpha value is -4.02. The van der Waals surface area contributed by atoms with Crippen LogP contribution in [0.25, 0.3) is 0 Å². The number of fused-ring (bicyclic) bond motifs is 3. The van der Waals surface area contributed by atoms with Gasteiger partial charge in [0.25, 0.3) is 5.91 Å². The van der Waals surface area contributed by atoms with E-state index in [-0.39, 0.29) is 18.4 Å². The van der Waals surface area contributed by atoms with Crippen molar-refractivity contribution in [3.63, 3.8) is 0 Å². The number of nitrogens with two attached hydrogens (primary N) is 1. The largest absolute Gasteiger partial charge is 0.510 e. The summed E-state index contributed by atoms with van der Waals surface area (Å²) in [5.74, 6) is -11.4. The first-order valence-corrected chi connectivity index (χ1v) is 12.2. The molecule has 0 saturated carbocycles. The van der Waals surface area contributed by atoms with Gasteiger partial charge in [-0.25, -0.2) is 4.39 Å². The molecule has 0 spiro atoms. The van der Waals surface area contributed by atoms with E-state index in [9.17, 15) is 52.8 Å². The number of primary amides is 1. The Morgan fingerprint density at radius 1 is 1.20 bits per heavy atom. The number of hydrogen-bond donors (Lipinski definition) is 7. The summed E-state index contributed by atoms with van der Waals surface area (Å²) in [5, 5.41) is 48.1. The highest BCUT2D eigenvalue weighted by Crippen LogP contribution is 2.53. The Labute approximate surface area is 229 Å². The maximum absolute atomic E-state index is 15.2. The second-order valence-electron chi connectivity index (χ2n) is 10.3. The number of phenols is 1. The number of phenolic OH excluding ortho intramolecular Hbond substituents is 1. The van der Waals surface area contributed by atoms with Gasteiger partial charge in [0.05, 0.1) is 30.4 Å². The molecule has 12 nitrogen and oxygen atoms in total. The summed E-state index contributed by atoms with van der Waals surface area (Å²) in [4.78, 5) is 52.3. The first kappa shape index (κ1) is 30.0. The van der Waals surface area contributed by atoms with Crippen LogP contribution in [0.4, 0.5) is 23.2 Å². The zero-order valence-electron chi connectivity index (χ0n) is 21.6. The fourth-order valence-electron chi connectivity index (χ4n) is 5.88. The summed E-state index contributed by atoms with van der Waals surface area (Å²) in [7, 11) is 2.92. The van der Waals surface area contributed by atoms with Crippen LogP contribution in [0.3, 0.4) is 0 Å². The van der Waals surface area contributed by atoms with E-state index in [1.807, 2.05) is 10.6 Å². The molecule has 0 aromatic heterocycles. The number of aromatic hydroxyl groups is 1. The monoisotopic (exact) mass is 586 g/mol. The quantitative estimate of drug-likeness (QED) is 0.138. The summed E-state index contributed by atoms with van der Waals surface area (Å²) in [6, 6.07) is -0.542. The fraction of sp³-hybridized carbons (Fsp3) is 0.440. The molecule has 222 valence electrons. The number of aliphatic hydroxyl groups is 3. The maximum atomic E-state index is 15.2. The summed E-state index contributed by atoms with van der Waals surface area (Å²) in [6.07, 6.45) is -5.19. The number of ketones is 2. The summed E-state index contributed by atoms with van der Waals surface area (Å²) < 4.78 is 52.2. The molecule has 16 heteroatoms. The van der Waals surface area contributed by atoms with Gasteiger partial charge in [-0.2, -0.15) is 13.2 Å². The van der Waals surface area contributed by atoms with Crippen molar-refractivity contribution in [2.24, 2.45) is 17.6 Å². The van der Waals surface area contributed by atoms with Crippen LogP contribution in [-0.4, -0.2) is 93.7 Å². The summed E-state index contributed by atoms with van der Waals surface area (Å²) in [6.45, 7) is -2.37. The first-order chi connectivity index (χ1) is 18.9. The maximum Gasteiger partial charge on any atom is 0.401 e. The van der Waals surface area contributed by atoms with Crippen molar-refractivity contribution in [3.8, 4) is 5.75 Å². The van der Waals surface area contributed by atoms with Gasteiger partial charge in [-0.15, -0.1) is 0 Å². The lowest BCUT2D eigenvalue weighted by Gasteiger charge is -2.50. The normalized spacial score (nSPS) is 26.1. The van der Waals surface area contributed by atoms with E-state index >= 15 is 4.39 Å². The Bertz CT molecular complexity index is 1440. The molecule has 4 atom stereocenters. The van der Waals surface area contributed by atoms with Gasteiger partial charge in [0, 0.05) is 23.1 Å². The second kappa shape index (κ2) is 10.1. The average Bonchev–Trinajstić information content (AvgIpc) is 2.83. The van der Waals surface area contributed by atoms with Crippen molar-refractivity contribution in [2.45, 2.75) is 30.7 Å². The zero-order chi connectivity index (χ0) is 30.8. The Morgan fingerprint density at radius 2 is 1.83 bits per heavy atom. The van der Waals surface area contributed by atoms with Crippen LogP contribution in [0.2, 0.25) is 0 Å². The molecule has 0 bridgehead atoms. The highest BCUT2D eigenvalue weighted by atomic mass is 19.4. The second-order valence-corrected chi connectivity index (χ2v) is 10.3. The smallest absolute Gasteiger partial charge is 0.401 e. The highest BCUT2D eigenvalue weighted by molar-refractivity contribution is 6.25. The average molecular weight is 586 g/mol. The van der Waals surface area contributed by atoms with Gasteiger partial charge in [0.15, 0.2) is 17.1 Å². The molecule has 0 fully saturated rings. The minimum Gasteiger partial charge on any atom is -0.510 e. The molecule has 0 aliphatic heterocycles. The number of alkyl halides is 3. The van der Waals surface area contributed by atoms with Crippen LogP contribution >= 0.6 is 0 Å². The predicted molar refractivity (Wildman–Crippen MR) is 131 cm³/mol.